The van der Waals surface area contributed by atoms with Crippen LogP contribution in [0.3, 0.4) is 0 Å². The average Bonchev–Trinajstić information content (AvgIpc) is 3.07. The van der Waals surface area contributed by atoms with Crippen LogP contribution in [0.2, 0.25) is 0 Å². The number of benzene rings is 1. The molecule has 26 heavy (non-hydrogen) atoms. The van der Waals surface area contributed by atoms with Gasteiger partial charge in [0, 0.05) is 30.0 Å². The van der Waals surface area contributed by atoms with Gasteiger partial charge < -0.3 is 11.1 Å². The Morgan fingerprint density at radius 3 is 2.54 bits per heavy atom. The third-order valence-electron chi connectivity index (χ3n) is 4.60. The lowest BCUT2D eigenvalue weighted by molar-refractivity contribution is -0.120. The fourth-order valence-electron chi connectivity index (χ4n) is 3.22. The van der Waals surface area contributed by atoms with Crippen LogP contribution in [0.4, 0.5) is 5.69 Å². The van der Waals surface area contributed by atoms with Crippen LogP contribution < -0.4 is 11.1 Å². The monoisotopic (exact) mass is 415 g/mol. The number of nitrogens with two attached hydrogens (primary N) is 1. The van der Waals surface area contributed by atoms with Gasteiger partial charge in [-0.2, -0.15) is 0 Å². The lowest BCUT2D eigenvalue weighted by atomic mass is 9.87. The molecule has 1 amide bonds. The summed E-state index contributed by atoms with van der Waals surface area (Å²) in [5.74, 6) is 0.702. The third-order valence-corrected chi connectivity index (χ3v) is 5.53. The van der Waals surface area contributed by atoms with E-state index in [4.69, 9.17) is 10.7 Å². The number of anilines is 1. The fourth-order valence-corrected chi connectivity index (χ4v) is 4.10. The molecule has 4 nitrogen and oxygen atoms in total. The van der Waals surface area contributed by atoms with Gasteiger partial charge in [0.15, 0.2) is 0 Å². The van der Waals surface area contributed by atoms with Gasteiger partial charge in [-0.25, -0.2) is 4.98 Å². The summed E-state index contributed by atoms with van der Waals surface area (Å²) >= 11 is 1.72. The number of nitrogen functional groups attached to an aromatic ring is 1. The molecule has 144 valence electrons. The van der Waals surface area contributed by atoms with E-state index in [2.05, 4.69) is 10.7 Å². The van der Waals surface area contributed by atoms with Crippen LogP contribution in [0.25, 0.3) is 0 Å². The van der Waals surface area contributed by atoms with Crippen molar-refractivity contribution in [2.24, 2.45) is 0 Å². The maximum absolute atomic E-state index is 12.0. The van der Waals surface area contributed by atoms with E-state index < -0.39 is 0 Å². The number of amides is 1. The Morgan fingerprint density at radius 2 is 1.85 bits per heavy atom. The normalized spacial score (nSPS) is 14.2. The molecule has 0 radical (unpaired) electrons. The van der Waals surface area contributed by atoms with Crippen molar-refractivity contribution in [3.63, 3.8) is 0 Å². The number of rotatable bonds is 6. The van der Waals surface area contributed by atoms with E-state index >= 15 is 0 Å². The number of nitrogens with one attached hydrogen (secondary N) is 1. The fraction of sp³-hybridized carbons (Fsp3) is 0.474. The summed E-state index contributed by atoms with van der Waals surface area (Å²) in [4.78, 5) is 16.8. The second-order valence-electron chi connectivity index (χ2n) is 6.52. The molecule has 1 fully saturated rings. The maximum atomic E-state index is 12.0. The summed E-state index contributed by atoms with van der Waals surface area (Å²) in [7, 11) is 0. The van der Waals surface area contributed by atoms with Crippen molar-refractivity contribution >= 4 is 47.7 Å². The standard InChI is InChI=1S/C19H25N3OS.2ClH/c20-16-8-6-14(7-9-16)12-18(23)21-11-10-19-22-17(13-24-19)15-4-2-1-3-5-15;;/h6-9,13,15H,1-5,10-12,20H2,(H,21,23);2*1H. The molecule has 1 aliphatic carbocycles. The summed E-state index contributed by atoms with van der Waals surface area (Å²) in [6, 6.07) is 7.44. The van der Waals surface area contributed by atoms with Gasteiger partial charge in [-0.15, -0.1) is 36.2 Å². The molecule has 0 atom stereocenters. The highest BCUT2D eigenvalue weighted by atomic mass is 35.5. The molecule has 7 heteroatoms. The average molecular weight is 416 g/mol. The second kappa shape index (κ2) is 11.4. The van der Waals surface area contributed by atoms with E-state index in [0.717, 1.165) is 22.7 Å². The Balaban J connectivity index is 0.00000169. The molecule has 0 spiro atoms. The number of thiazole rings is 1. The van der Waals surface area contributed by atoms with E-state index in [-0.39, 0.29) is 30.7 Å². The molecular weight excluding hydrogens is 389 g/mol. The Hall–Kier alpha value is -1.30. The van der Waals surface area contributed by atoms with Crippen molar-refractivity contribution < 1.29 is 4.79 Å². The first-order valence-electron chi connectivity index (χ1n) is 8.76. The van der Waals surface area contributed by atoms with E-state index in [0.29, 0.717) is 18.9 Å². The van der Waals surface area contributed by atoms with Crippen LogP contribution in [0, 0.1) is 0 Å². The number of carbonyl (C=O) groups is 1. The zero-order chi connectivity index (χ0) is 16.8. The highest BCUT2D eigenvalue weighted by Gasteiger charge is 2.18. The number of aromatic nitrogens is 1. The largest absolute Gasteiger partial charge is 0.399 e. The molecule has 1 heterocycles. The topological polar surface area (TPSA) is 68.0 Å². The molecule has 1 aromatic heterocycles. The first-order valence-corrected chi connectivity index (χ1v) is 9.64. The van der Waals surface area contributed by atoms with Gasteiger partial charge in [0.05, 0.1) is 17.1 Å². The molecule has 0 unspecified atom stereocenters. The zero-order valence-electron chi connectivity index (χ0n) is 14.8. The Kier molecular flexibility index (Phi) is 9.99. The summed E-state index contributed by atoms with van der Waals surface area (Å²) in [5, 5.41) is 6.32. The van der Waals surface area contributed by atoms with Crippen molar-refractivity contribution in [3.05, 3.63) is 45.9 Å². The first kappa shape index (κ1) is 22.7. The highest BCUT2D eigenvalue weighted by molar-refractivity contribution is 7.09. The molecule has 3 N–H and O–H groups in total. The van der Waals surface area contributed by atoms with Gasteiger partial charge in [-0.3, -0.25) is 4.79 Å². The van der Waals surface area contributed by atoms with E-state index in [1.54, 1.807) is 11.3 Å². The number of carbonyl (C=O) groups excluding carboxylic acids is 1. The molecule has 1 aliphatic rings. The van der Waals surface area contributed by atoms with Crippen molar-refractivity contribution in [3.8, 4) is 0 Å². The molecular formula is C19H27Cl2N3OS. The first-order chi connectivity index (χ1) is 11.7. The van der Waals surface area contributed by atoms with Crippen LogP contribution in [0.15, 0.2) is 29.6 Å². The Bertz CT molecular complexity index is 670. The van der Waals surface area contributed by atoms with Gasteiger partial charge in [-0.1, -0.05) is 31.4 Å². The van der Waals surface area contributed by atoms with Crippen LogP contribution in [-0.2, 0) is 17.6 Å². The lowest BCUT2D eigenvalue weighted by Gasteiger charge is -2.19. The van der Waals surface area contributed by atoms with Crippen molar-refractivity contribution in [1.29, 1.82) is 0 Å². The van der Waals surface area contributed by atoms with Crippen LogP contribution in [0.1, 0.15) is 54.3 Å². The smallest absolute Gasteiger partial charge is 0.224 e. The number of nitrogens with zero attached hydrogens (tertiary/aromatic N) is 1. The van der Waals surface area contributed by atoms with Gasteiger partial charge in [0.25, 0.3) is 0 Å². The maximum Gasteiger partial charge on any atom is 0.224 e. The molecule has 3 rings (SSSR count). The SMILES string of the molecule is Cl.Cl.Nc1ccc(CC(=O)NCCc2nc(C3CCCCC3)cs2)cc1. The lowest BCUT2D eigenvalue weighted by Crippen LogP contribution is -2.27. The quantitative estimate of drug-likeness (QED) is 0.681. The van der Waals surface area contributed by atoms with E-state index in [1.807, 2.05) is 24.3 Å². The van der Waals surface area contributed by atoms with Gasteiger partial charge in [0.1, 0.15) is 0 Å². The number of halogens is 2. The Morgan fingerprint density at radius 1 is 1.15 bits per heavy atom. The number of hydrogen-bond acceptors (Lipinski definition) is 4. The Labute approximate surface area is 171 Å². The summed E-state index contributed by atoms with van der Waals surface area (Å²) in [5.41, 5.74) is 8.62. The van der Waals surface area contributed by atoms with Crippen molar-refractivity contribution in [2.45, 2.75) is 50.9 Å². The molecule has 2 aromatic rings. The zero-order valence-corrected chi connectivity index (χ0v) is 17.2. The second-order valence-corrected chi connectivity index (χ2v) is 7.46. The van der Waals surface area contributed by atoms with E-state index in [9.17, 15) is 4.79 Å². The van der Waals surface area contributed by atoms with Crippen molar-refractivity contribution in [2.75, 3.05) is 12.3 Å². The van der Waals surface area contributed by atoms with Gasteiger partial charge in [-0.05, 0) is 30.5 Å². The van der Waals surface area contributed by atoms with Crippen LogP contribution in [-0.4, -0.2) is 17.4 Å². The predicted octanol–water partition coefficient (Wildman–Crippen LogP) is 4.52. The highest BCUT2D eigenvalue weighted by Crippen LogP contribution is 2.33. The van der Waals surface area contributed by atoms with E-state index in [1.165, 1.54) is 37.8 Å². The number of hydrogen-bond donors (Lipinski definition) is 2. The predicted molar refractivity (Wildman–Crippen MR) is 114 cm³/mol. The van der Waals surface area contributed by atoms with Crippen LogP contribution in [0.5, 0.6) is 0 Å². The van der Waals surface area contributed by atoms with Crippen LogP contribution >= 0.6 is 36.2 Å². The minimum absolute atomic E-state index is 0. The molecule has 0 aliphatic heterocycles. The summed E-state index contributed by atoms with van der Waals surface area (Å²) < 4.78 is 0. The molecule has 1 aromatic carbocycles. The summed E-state index contributed by atoms with van der Waals surface area (Å²) in [6.45, 7) is 0.644. The molecule has 0 bridgehead atoms. The van der Waals surface area contributed by atoms with Crippen molar-refractivity contribution in [1.82, 2.24) is 10.3 Å². The third kappa shape index (κ3) is 6.78. The van der Waals surface area contributed by atoms with Gasteiger partial charge in [0.2, 0.25) is 5.91 Å². The molecule has 1 saturated carbocycles. The van der Waals surface area contributed by atoms with Gasteiger partial charge >= 0.3 is 0 Å². The minimum Gasteiger partial charge on any atom is -0.399 e. The minimum atomic E-state index is 0. The molecule has 0 saturated heterocycles. The summed E-state index contributed by atoms with van der Waals surface area (Å²) in [6.07, 6.45) is 7.80.